The first-order chi connectivity index (χ1) is 39.9. The number of ketones is 2. The summed E-state index contributed by atoms with van der Waals surface area (Å²) in [4.78, 5) is 103. The molecule has 0 saturated carbocycles. The van der Waals surface area contributed by atoms with Crippen LogP contribution in [0.4, 0.5) is 4.79 Å². The Balaban J connectivity index is 1.21. The minimum absolute atomic E-state index is 0.0396. The minimum atomic E-state index is -1.41. The molecule has 3 aliphatic heterocycles. The van der Waals surface area contributed by atoms with Gasteiger partial charge in [0.2, 0.25) is 17.7 Å². The summed E-state index contributed by atoms with van der Waals surface area (Å²) in [6, 6.07) is 15.0. The molecule has 2 aromatic carbocycles. The van der Waals surface area contributed by atoms with Crippen molar-refractivity contribution < 1.29 is 53.7 Å². The van der Waals surface area contributed by atoms with Gasteiger partial charge < -0.3 is 73.8 Å². The number of carboxylic acid groups (broad SMARTS) is 2. The predicted octanol–water partition coefficient (Wildman–Crippen LogP) is 3.16. The van der Waals surface area contributed by atoms with Gasteiger partial charge in [0, 0.05) is 135 Å². The van der Waals surface area contributed by atoms with E-state index in [0.717, 1.165) is 102 Å². The molecule has 22 nitrogen and oxygen atoms in total. The van der Waals surface area contributed by atoms with Crippen molar-refractivity contribution in [1.29, 1.82) is 0 Å². The first kappa shape index (κ1) is 69.2. The van der Waals surface area contributed by atoms with Gasteiger partial charge in [-0.1, -0.05) is 106 Å². The summed E-state index contributed by atoms with van der Waals surface area (Å²) in [6.07, 6.45) is 7.21. The maximum absolute atomic E-state index is 14.3. The van der Waals surface area contributed by atoms with Gasteiger partial charge in [-0.2, -0.15) is 0 Å². The highest BCUT2D eigenvalue weighted by Crippen LogP contribution is 2.19. The standard InChI is InChI=1S/C61H97N11O11/c1-45(73)50(70-59(83)71-51(58(81)82)27-28-56(78)79)24-15-8-14-23-49(74)22-13-4-3-5-16-29-68-57(80)48(36-46-18-9-6-10-19-46)38-53(75)52(37-47-20-11-7-12-21-47)69-54(76)25-17-26-55(77)72-61-42-65-33-30-62-39-60(2,40-63-31-34-66-43-61)41-64-32-35-67-44-61/h6-7,9-12,18-21,48,50-52,62-67,73H,1,3-5,8,13-17,22-44H2,2H3,(H,68,80)(H,69,76)(H,72,77)(H,78,79)(H,81,82)(H2,70,71,83)/t48-,50+,51+,52+,60?,61?/m1/s1. The largest absolute Gasteiger partial charge is 0.511 e. The van der Waals surface area contributed by atoms with Crippen molar-refractivity contribution in [3.8, 4) is 0 Å². The first-order valence-corrected chi connectivity index (χ1v) is 30.1. The van der Waals surface area contributed by atoms with Crippen LogP contribution in [-0.2, 0) is 46.4 Å². The summed E-state index contributed by atoms with van der Waals surface area (Å²) in [5.74, 6) is -4.41. The quantitative estimate of drug-likeness (QED) is 0.0348. The summed E-state index contributed by atoms with van der Waals surface area (Å²) in [6.45, 7) is 15.1. The van der Waals surface area contributed by atoms with Crippen molar-refractivity contribution in [1.82, 2.24) is 58.5 Å². The van der Waals surface area contributed by atoms with Crippen LogP contribution in [0.1, 0.15) is 127 Å². The molecule has 5 amide bonds. The van der Waals surface area contributed by atoms with Crippen LogP contribution in [0.25, 0.3) is 0 Å². The SMILES string of the molecule is C=C(O)[C@H](CCCCCC(=O)CCCCCCCNC(=O)[C@@H](CC(=O)[C@H](Cc1ccccc1)NC(=O)CCCC(=O)NC12CNCCNCC(C)(CNCCNC1)CNCCNC2)Cc1ccccc1)NC(=O)N[C@@H](CCC(=O)O)C(=O)O. The Kier molecular flexibility index (Phi) is 32.7. The fourth-order valence-corrected chi connectivity index (χ4v) is 10.4. The van der Waals surface area contributed by atoms with Gasteiger partial charge in [-0.05, 0) is 62.5 Å². The van der Waals surface area contributed by atoms with E-state index in [9.17, 15) is 48.6 Å². The highest BCUT2D eigenvalue weighted by molar-refractivity contribution is 5.93. The van der Waals surface area contributed by atoms with Crippen LogP contribution >= 0.6 is 0 Å². The molecule has 3 aliphatic rings. The van der Waals surface area contributed by atoms with Crippen LogP contribution in [0, 0.1) is 11.3 Å². The van der Waals surface area contributed by atoms with Gasteiger partial charge in [0.05, 0.1) is 17.6 Å². The number of hydrogen-bond acceptors (Lipinski definition) is 15. The number of hydrogen-bond donors (Lipinski definition) is 14. The topological polar surface area (TPSA) is 330 Å². The molecule has 0 unspecified atom stereocenters. The van der Waals surface area contributed by atoms with Gasteiger partial charge in [-0.25, -0.2) is 9.59 Å². The number of benzene rings is 2. The Bertz CT molecular complexity index is 2270. The Hall–Kier alpha value is -6.30. The molecule has 2 aromatic rings. The number of rotatable bonds is 35. The normalized spacial score (nSPS) is 19.5. The van der Waals surface area contributed by atoms with Gasteiger partial charge in [0.15, 0.2) is 5.78 Å². The fraction of sp³-hybridized carbons (Fsp3) is 0.639. The van der Waals surface area contributed by atoms with Gasteiger partial charge in [-0.3, -0.25) is 28.8 Å². The Morgan fingerprint density at radius 3 is 1.57 bits per heavy atom. The van der Waals surface area contributed by atoms with Crippen LogP contribution in [-0.4, -0.2) is 171 Å². The number of nitrogens with one attached hydrogen (secondary N) is 11. The Morgan fingerprint density at radius 2 is 1.02 bits per heavy atom. The van der Waals surface area contributed by atoms with Crippen LogP contribution in [0.2, 0.25) is 0 Å². The molecule has 14 N–H and O–H groups in total. The highest BCUT2D eigenvalue weighted by Gasteiger charge is 2.33. The fourth-order valence-electron chi connectivity index (χ4n) is 10.4. The van der Waals surface area contributed by atoms with Crippen LogP contribution in [0.3, 0.4) is 0 Å². The predicted molar refractivity (Wildman–Crippen MR) is 320 cm³/mol. The Morgan fingerprint density at radius 1 is 0.530 bits per heavy atom. The molecule has 22 heteroatoms. The molecule has 462 valence electrons. The molecule has 2 bridgehead atoms. The van der Waals surface area contributed by atoms with Gasteiger partial charge >= 0.3 is 18.0 Å². The Labute approximate surface area is 490 Å². The molecule has 5 rings (SSSR count). The first-order valence-electron chi connectivity index (χ1n) is 30.1. The maximum Gasteiger partial charge on any atom is 0.326 e. The van der Waals surface area contributed by atoms with E-state index in [2.05, 4.69) is 72.0 Å². The van der Waals surface area contributed by atoms with Gasteiger partial charge in [0.25, 0.3) is 0 Å². The number of carbonyl (C=O) groups is 8. The van der Waals surface area contributed by atoms with E-state index >= 15 is 0 Å². The number of aliphatic hydroxyl groups is 1. The van der Waals surface area contributed by atoms with Crippen LogP contribution in [0.5, 0.6) is 0 Å². The lowest BCUT2D eigenvalue weighted by Gasteiger charge is -2.37. The zero-order valence-electron chi connectivity index (χ0n) is 49.0. The van der Waals surface area contributed by atoms with Crippen molar-refractivity contribution >= 4 is 47.3 Å². The molecule has 3 fully saturated rings. The number of fused-ring (bicyclic) bond motifs is 15. The van der Waals surface area contributed by atoms with Crippen molar-refractivity contribution in [2.75, 3.05) is 85.1 Å². The summed E-state index contributed by atoms with van der Waals surface area (Å²) >= 11 is 0. The second-order valence-electron chi connectivity index (χ2n) is 22.9. The van der Waals surface area contributed by atoms with E-state index < -0.39 is 54.0 Å². The van der Waals surface area contributed by atoms with E-state index in [1.807, 2.05) is 60.7 Å². The zero-order chi connectivity index (χ0) is 60.1. The lowest BCUT2D eigenvalue weighted by molar-refractivity contribution is -0.140. The lowest BCUT2D eigenvalue weighted by atomic mass is 9.89. The van der Waals surface area contributed by atoms with Crippen LogP contribution in [0.15, 0.2) is 73.0 Å². The lowest BCUT2D eigenvalue weighted by Crippen LogP contribution is -2.66. The van der Waals surface area contributed by atoms with Crippen molar-refractivity contribution in [3.05, 3.63) is 84.1 Å². The van der Waals surface area contributed by atoms with E-state index in [1.54, 1.807) is 0 Å². The molecule has 0 spiro atoms. The third-order valence-electron chi connectivity index (χ3n) is 15.2. The molecule has 4 atom stereocenters. The van der Waals surface area contributed by atoms with Crippen molar-refractivity contribution in [2.45, 2.75) is 153 Å². The number of unbranched alkanes of at least 4 members (excludes halogenated alkanes) is 6. The number of Topliss-reactive ketones (excluding diaryl/α,β-unsaturated/α-hetero) is 2. The smallest absolute Gasteiger partial charge is 0.326 e. The summed E-state index contributed by atoms with van der Waals surface area (Å²) < 4.78 is 0. The van der Waals surface area contributed by atoms with Crippen molar-refractivity contribution in [2.24, 2.45) is 11.3 Å². The summed E-state index contributed by atoms with van der Waals surface area (Å²) in [5.41, 5.74) is 1.21. The van der Waals surface area contributed by atoms with Crippen LogP contribution < -0.4 is 58.5 Å². The second-order valence-corrected chi connectivity index (χ2v) is 22.9. The molecular formula is C61H97N11O11. The van der Waals surface area contributed by atoms with E-state index in [-0.39, 0.29) is 79.0 Å². The molecule has 3 heterocycles. The van der Waals surface area contributed by atoms with E-state index in [4.69, 9.17) is 5.11 Å². The number of carbonyl (C=O) groups excluding carboxylic acids is 6. The molecule has 0 radical (unpaired) electrons. The van der Waals surface area contributed by atoms with Crippen molar-refractivity contribution in [3.63, 3.8) is 0 Å². The molecular weight excluding hydrogens is 1060 g/mol. The van der Waals surface area contributed by atoms with Gasteiger partial charge in [-0.15, -0.1) is 0 Å². The highest BCUT2D eigenvalue weighted by atomic mass is 16.4. The number of aliphatic hydroxyl groups excluding tert-OH is 1. The monoisotopic (exact) mass is 1160 g/mol. The third kappa shape index (κ3) is 29.7. The second kappa shape index (κ2) is 39.3. The molecule has 0 aromatic heterocycles. The molecule has 83 heavy (non-hydrogen) atoms. The van der Waals surface area contributed by atoms with E-state index in [0.29, 0.717) is 71.1 Å². The number of carboxylic acids is 2. The molecule has 0 aliphatic carbocycles. The number of amides is 5. The minimum Gasteiger partial charge on any atom is -0.511 e. The third-order valence-corrected chi connectivity index (χ3v) is 15.2. The molecule has 3 saturated heterocycles. The van der Waals surface area contributed by atoms with E-state index in [1.165, 1.54) is 0 Å². The maximum atomic E-state index is 14.3. The number of urea groups is 1. The summed E-state index contributed by atoms with van der Waals surface area (Å²) in [7, 11) is 0. The summed E-state index contributed by atoms with van der Waals surface area (Å²) in [5, 5.41) is 63.7. The average molecular weight is 1160 g/mol. The zero-order valence-corrected chi connectivity index (χ0v) is 49.0. The van der Waals surface area contributed by atoms with Gasteiger partial charge in [0.1, 0.15) is 17.6 Å². The average Bonchev–Trinajstić information content (AvgIpc) is 3.54. The number of aliphatic carboxylic acids is 2.